The minimum atomic E-state index is 0.994. The van der Waals surface area contributed by atoms with Crippen molar-refractivity contribution in [3.63, 3.8) is 0 Å². The number of aryl methyl sites for hydroxylation is 1. The molecular formula is C8H12BrNS. The minimum Gasteiger partial charge on any atom is -0.312 e. The Hall–Kier alpha value is 0.140. The highest BCUT2D eigenvalue weighted by Gasteiger charge is 2.00. The Morgan fingerprint density at radius 1 is 1.64 bits per heavy atom. The molecule has 1 N–H and O–H groups in total. The molecule has 0 spiro atoms. The molecule has 0 bridgehead atoms. The maximum absolute atomic E-state index is 3.50. The van der Waals surface area contributed by atoms with Gasteiger partial charge in [-0.1, -0.05) is 6.92 Å². The van der Waals surface area contributed by atoms with Gasteiger partial charge in [-0.2, -0.15) is 0 Å². The third-order valence-corrected chi connectivity index (χ3v) is 3.59. The lowest BCUT2D eigenvalue weighted by Gasteiger charge is -1.95. The Kier molecular flexibility index (Phi) is 3.55. The zero-order valence-electron chi connectivity index (χ0n) is 6.78. The summed E-state index contributed by atoms with van der Waals surface area (Å²) in [6.07, 6.45) is 0. The quantitative estimate of drug-likeness (QED) is 0.847. The van der Waals surface area contributed by atoms with Gasteiger partial charge in [0, 0.05) is 11.4 Å². The molecule has 0 aliphatic carbocycles. The normalized spacial score (nSPS) is 10.5. The van der Waals surface area contributed by atoms with Crippen molar-refractivity contribution >= 4 is 27.3 Å². The fourth-order valence-electron chi connectivity index (χ4n) is 0.859. The predicted octanol–water partition coefficient (Wildman–Crippen LogP) is 2.93. The predicted molar refractivity (Wildman–Crippen MR) is 54.1 cm³/mol. The summed E-state index contributed by atoms with van der Waals surface area (Å²) in [5.41, 5.74) is 1.34. The van der Waals surface area contributed by atoms with Crippen LogP contribution in [0, 0.1) is 6.92 Å². The van der Waals surface area contributed by atoms with Crippen LogP contribution in [0.1, 0.15) is 17.4 Å². The number of nitrogens with one attached hydrogen (secondary N) is 1. The molecule has 1 aromatic heterocycles. The number of hydrogen-bond acceptors (Lipinski definition) is 2. The second-order valence-electron chi connectivity index (χ2n) is 2.45. The monoisotopic (exact) mass is 233 g/mol. The molecule has 0 aliphatic heterocycles. The van der Waals surface area contributed by atoms with Gasteiger partial charge in [0.15, 0.2) is 0 Å². The summed E-state index contributed by atoms with van der Waals surface area (Å²) in [7, 11) is 0. The van der Waals surface area contributed by atoms with Crippen molar-refractivity contribution in [1.29, 1.82) is 0 Å². The molecule has 0 saturated carbocycles. The molecule has 1 aromatic rings. The Morgan fingerprint density at radius 2 is 2.36 bits per heavy atom. The van der Waals surface area contributed by atoms with E-state index in [-0.39, 0.29) is 0 Å². The Morgan fingerprint density at radius 3 is 2.82 bits per heavy atom. The molecule has 0 amide bonds. The van der Waals surface area contributed by atoms with Crippen LogP contribution < -0.4 is 5.32 Å². The maximum Gasteiger partial charge on any atom is 0.0730 e. The van der Waals surface area contributed by atoms with E-state index in [4.69, 9.17) is 0 Å². The third kappa shape index (κ3) is 2.58. The van der Waals surface area contributed by atoms with E-state index in [2.05, 4.69) is 41.2 Å². The van der Waals surface area contributed by atoms with E-state index in [1.54, 1.807) is 0 Å². The Balaban J connectivity index is 2.58. The lowest BCUT2D eigenvalue weighted by atomic mass is 10.3. The van der Waals surface area contributed by atoms with Crippen molar-refractivity contribution in [2.75, 3.05) is 6.54 Å². The largest absolute Gasteiger partial charge is 0.312 e. The first-order valence-electron chi connectivity index (χ1n) is 3.69. The van der Waals surface area contributed by atoms with Gasteiger partial charge in [-0.3, -0.25) is 0 Å². The molecule has 0 fully saturated rings. The Bertz CT molecular complexity index is 212. The maximum atomic E-state index is 3.50. The van der Waals surface area contributed by atoms with E-state index in [0.717, 1.165) is 13.1 Å². The highest BCUT2D eigenvalue weighted by Crippen LogP contribution is 2.26. The number of thiophene rings is 1. The molecule has 0 atom stereocenters. The smallest absolute Gasteiger partial charge is 0.0730 e. The van der Waals surface area contributed by atoms with Crippen LogP contribution in [-0.4, -0.2) is 6.54 Å². The van der Waals surface area contributed by atoms with Crippen LogP contribution in [0.25, 0.3) is 0 Å². The SMILES string of the molecule is CCNCc1cc(C)c(Br)s1. The van der Waals surface area contributed by atoms with E-state index < -0.39 is 0 Å². The average Bonchev–Trinajstić information content (AvgIpc) is 2.28. The summed E-state index contributed by atoms with van der Waals surface area (Å²) in [4.78, 5) is 1.40. The molecule has 62 valence electrons. The van der Waals surface area contributed by atoms with E-state index in [0.29, 0.717) is 0 Å². The van der Waals surface area contributed by atoms with Crippen molar-refractivity contribution in [3.8, 4) is 0 Å². The van der Waals surface area contributed by atoms with Gasteiger partial charge in [0.1, 0.15) is 0 Å². The van der Waals surface area contributed by atoms with Crippen molar-refractivity contribution in [3.05, 3.63) is 20.3 Å². The number of hydrogen-bond donors (Lipinski definition) is 1. The molecular weight excluding hydrogens is 222 g/mol. The van der Waals surface area contributed by atoms with Crippen LogP contribution in [0.5, 0.6) is 0 Å². The van der Waals surface area contributed by atoms with Crippen LogP contribution in [0.3, 0.4) is 0 Å². The summed E-state index contributed by atoms with van der Waals surface area (Å²) in [5, 5.41) is 3.29. The van der Waals surface area contributed by atoms with Crippen LogP contribution in [0.2, 0.25) is 0 Å². The summed E-state index contributed by atoms with van der Waals surface area (Å²) in [6, 6.07) is 2.22. The van der Waals surface area contributed by atoms with Gasteiger partial charge in [-0.15, -0.1) is 11.3 Å². The van der Waals surface area contributed by atoms with Gasteiger partial charge in [-0.05, 0) is 41.0 Å². The van der Waals surface area contributed by atoms with Crippen LogP contribution in [-0.2, 0) is 6.54 Å². The lowest BCUT2D eigenvalue weighted by Crippen LogP contribution is -2.10. The van der Waals surface area contributed by atoms with Crippen molar-refractivity contribution in [2.45, 2.75) is 20.4 Å². The van der Waals surface area contributed by atoms with Gasteiger partial charge in [0.2, 0.25) is 0 Å². The fourth-order valence-corrected chi connectivity index (χ4v) is 2.46. The minimum absolute atomic E-state index is 0.994. The van der Waals surface area contributed by atoms with Crippen LogP contribution in [0.4, 0.5) is 0 Å². The first-order chi connectivity index (χ1) is 5.24. The van der Waals surface area contributed by atoms with Gasteiger partial charge in [0.05, 0.1) is 3.79 Å². The standard InChI is InChI=1S/C8H12BrNS/c1-3-10-5-7-4-6(2)8(9)11-7/h4,10H,3,5H2,1-2H3. The second-order valence-corrected chi connectivity index (χ2v) is 4.90. The third-order valence-electron chi connectivity index (χ3n) is 1.46. The first kappa shape index (κ1) is 9.23. The zero-order chi connectivity index (χ0) is 8.27. The molecule has 0 unspecified atom stereocenters. The van der Waals surface area contributed by atoms with Gasteiger partial charge >= 0.3 is 0 Å². The average molecular weight is 234 g/mol. The van der Waals surface area contributed by atoms with Gasteiger partial charge < -0.3 is 5.32 Å². The highest BCUT2D eigenvalue weighted by atomic mass is 79.9. The zero-order valence-corrected chi connectivity index (χ0v) is 9.18. The summed E-state index contributed by atoms with van der Waals surface area (Å²) in [6.45, 7) is 6.27. The molecule has 1 nitrogen and oxygen atoms in total. The molecule has 1 rings (SSSR count). The van der Waals surface area contributed by atoms with E-state index >= 15 is 0 Å². The van der Waals surface area contributed by atoms with Gasteiger partial charge in [-0.25, -0.2) is 0 Å². The van der Waals surface area contributed by atoms with Gasteiger partial charge in [0.25, 0.3) is 0 Å². The van der Waals surface area contributed by atoms with E-state index in [1.165, 1.54) is 14.2 Å². The summed E-state index contributed by atoms with van der Waals surface area (Å²) < 4.78 is 1.26. The Labute approximate surface area is 79.9 Å². The molecule has 1 heterocycles. The molecule has 0 radical (unpaired) electrons. The topological polar surface area (TPSA) is 12.0 Å². The van der Waals surface area contributed by atoms with Crippen molar-refractivity contribution < 1.29 is 0 Å². The van der Waals surface area contributed by atoms with Crippen molar-refractivity contribution in [1.82, 2.24) is 5.32 Å². The first-order valence-corrected chi connectivity index (χ1v) is 5.30. The lowest BCUT2D eigenvalue weighted by molar-refractivity contribution is 0.735. The van der Waals surface area contributed by atoms with E-state index in [1.807, 2.05) is 11.3 Å². The summed E-state index contributed by atoms with van der Waals surface area (Å²) >= 11 is 5.31. The molecule has 0 aliphatic rings. The molecule has 11 heavy (non-hydrogen) atoms. The van der Waals surface area contributed by atoms with Crippen LogP contribution >= 0.6 is 27.3 Å². The molecule has 3 heteroatoms. The summed E-state index contributed by atoms with van der Waals surface area (Å²) in [5.74, 6) is 0. The van der Waals surface area contributed by atoms with E-state index in [9.17, 15) is 0 Å². The number of halogens is 1. The molecule has 0 saturated heterocycles. The highest BCUT2D eigenvalue weighted by molar-refractivity contribution is 9.11. The number of rotatable bonds is 3. The molecule has 0 aromatic carbocycles. The second kappa shape index (κ2) is 4.24. The van der Waals surface area contributed by atoms with Crippen molar-refractivity contribution in [2.24, 2.45) is 0 Å². The van der Waals surface area contributed by atoms with Crippen LogP contribution in [0.15, 0.2) is 9.85 Å². The fraction of sp³-hybridized carbons (Fsp3) is 0.500.